The fourth-order valence-corrected chi connectivity index (χ4v) is 5.80. The van der Waals surface area contributed by atoms with Gasteiger partial charge < -0.3 is 34.9 Å². The molecule has 1 aromatic carbocycles. The smallest absolute Gasteiger partial charge is 0.236 e. The van der Waals surface area contributed by atoms with Crippen LogP contribution in [-0.2, 0) is 9.53 Å². The van der Waals surface area contributed by atoms with E-state index in [1.807, 2.05) is 17.0 Å². The minimum Gasteiger partial charge on any atom is -0.494 e. The Morgan fingerprint density at radius 1 is 1.07 bits per heavy atom. The number of anilines is 4. The number of rotatable bonds is 8. The molecule has 1 saturated carbocycles. The highest BCUT2D eigenvalue weighted by Crippen LogP contribution is 2.33. The standard InChI is InChI=1S/C28H39N9O3/c1-39-23-17-21(36-11-9-35(10-12-36)18-24(38)37-13-15-40-16-14-37)7-8-22(23)32-28-33-26-25(29-19-30-26)27(34-28)31-20-5-3-2-4-6-20/h7-8,17,19-20H,2-6,9-16,18H2,1H3,(H3,29,30,31,32,33,34). The van der Waals surface area contributed by atoms with E-state index in [-0.39, 0.29) is 5.91 Å². The van der Waals surface area contributed by atoms with E-state index in [0.29, 0.717) is 50.5 Å². The van der Waals surface area contributed by atoms with Crippen LogP contribution in [0, 0.1) is 0 Å². The van der Waals surface area contributed by atoms with E-state index in [2.05, 4.69) is 41.5 Å². The Labute approximate surface area is 234 Å². The van der Waals surface area contributed by atoms with Crippen LogP contribution in [-0.4, -0.2) is 108 Å². The largest absolute Gasteiger partial charge is 0.494 e. The van der Waals surface area contributed by atoms with Gasteiger partial charge in [0.25, 0.3) is 0 Å². The number of carbonyl (C=O) groups is 1. The average molecular weight is 550 g/mol. The fraction of sp³-hybridized carbons (Fsp3) is 0.571. The van der Waals surface area contributed by atoms with E-state index >= 15 is 0 Å². The number of methoxy groups -OCH3 is 1. The van der Waals surface area contributed by atoms with Crippen LogP contribution in [0.25, 0.3) is 11.2 Å². The molecule has 3 aromatic rings. The number of benzene rings is 1. The molecule has 2 aliphatic heterocycles. The van der Waals surface area contributed by atoms with E-state index < -0.39 is 0 Å². The number of amides is 1. The summed E-state index contributed by atoms with van der Waals surface area (Å²) in [6, 6.07) is 6.56. The second-order valence-corrected chi connectivity index (χ2v) is 10.7. The molecule has 214 valence electrons. The first-order valence-corrected chi connectivity index (χ1v) is 14.4. The van der Waals surface area contributed by atoms with Gasteiger partial charge in [-0.25, -0.2) is 4.98 Å². The third-order valence-corrected chi connectivity index (χ3v) is 8.12. The number of carbonyl (C=O) groups excluding carboxylic acids is 1. The fourth-order valence-electron chi connectivity index (χ4n) is 5.80. The van der Waals surface area contributed by atoms with Crippen LogP contribution in [0.5, 0.6) is 5.75 Å². The van der Waals surface area contributed by atoms with Crippen LogP contribution in [0.1, 0.15) is 32.1 Å². The number of fused-ring (bicyclic) bond motifs is 1. The van der Waals surface area contributed by atoms with Crippen molar-refractivity contribution in [2.75, 3.05) is 81.7 Å². The van der Waals surface area contributed by atoms with Crippen molar-refractivity contribution in [2.45, 2.75) is 38.1 Å². The summed E-state index contributed by atoms with van der Waals surface area (Å²) in [6.07, 6.45) is 7.74. The number of imidazole rings is 1. The molecular weight excluding hydrogens is 510 g/mol. The topological polar surface area (TPSA) is 124 Å². The molecule has 0 spiro atoms. The molecule has 0 atom stereocenters. The van der Waals surface area contributed by atoms with Crippen molar-refractivity contribution in [2.24, 2.45) is 0 Å². The summed E-state index contributed by atoms with van der Waals surface area (Å²) in [5.41, 5.74) is 3.32. The lowest BCUT2D eigenvalue weighted by Gasteiger charge is -2.37. The highest BCUT2D eigenvalue weighted by molar-refractivity contribution is 5.84. The lowest BCUT2D eigenvalue weighted by molar-refractivity contribution is -0.136. The molecule has 12 heteroatoms. The summed E-state index contributed by atoms with van der Waals surface area (Å²) in [5.74, 6) is 2.16. The maximum Gasteiger partial charge on any atom is 0.236 e. The van der Waals surface area contributed by atoms with Gasteiger partial charge >= 0.3 is 0 Å². The number of aromatic nitrogens is 4. The zero-order chi connectivity index (χ0) is 27.3. The molecule has 3 aliphatic rings. The molecule has 6 rings (SSSR count). The first-order chi connectivity index (χ1) is 19.7. The number of morpholine rings is 1. The number of nitrogens with zero attached hydrogens (tertiary/aromatic N) is 6. The van der Waals surface area contributed by atoms with Crippen molar-refractivity contribution in [1.29, 1.82) is 0 Å². The summed E-state index contributed by atoms with van der Waals surface area (Å²) < 4.78 is 11.1. The molecule has 4 heterocycles. The van der Waals surface area contributed by atoms with Crippen molar-refractivity contribution in [3.8, 4) is 5.75 Å². The van der Waals surface area contributed by atoms with E-state index in [1.165, 1.54) is 19.3 Å². The molecule has 40 heavy (non-hydrogen) atoms. The predicted octanol–water partition coefficient (Wildman–Crippen LogP) is 2.83. The summed E-state index contributed by atoms with van der Waals surface area (Å²) in [4.78, 5) is 36.1. The van der Waals surface area contributed by atoms with Crippen LogP contribution in [0.4, 0.5) is 23.1 Å². The van der Waals surface area contributed by atoms with Crippen LogP contribution < -0.4 is 20.3 Å². The minimum absolute atomic E-state index is 0.196. The number of H-pyrrole nitrogens is 1. The maximum absolute atomic E-state index is 12.6. The first-order valence-electron chi connectivity index (χ1n) is 14.4. The molecule has 0 bridgehead atoms. The van der Waals surface area contributed by atoms with Gasteiger partial charge in [-0.05, 0) is 25.0 Å². The summed E-state index contributed by atoms with van der Waals surface area (Å²) in [6.45, 7) is 6.50. The highest BCUT2D eigenvalue weighted by Gasteiger charge is 2.24. The molecule has 3 N–H and O–H groups in total. The monoisotopic (exact) mass is 549 g/mol. The van der Waals surface area contributed by atoms with Gasteiger partial charge in [-0.3, -0.25) is 9.69 Å². The molecule has 3 fully saturated rings. The Kier molecular flexibility index (Phi) is 8.14. The van der Waals surface area contributed by atoms with E-state index in [4.69, 9.17) is 14.5 Å². The highest BCUT2D eigenvalue weighted by atomic mass is 16.5. The molecule has 1 amide bonds. The zero-order valence-electron chi connectivity index (χ0n) is 23.2. The minimum atomic E-state index is 0.196. The van der Waals surface area contributed by atoms with Gasteiger partial charge in [-0.2, -0.15) is 9.97 Å². The molecule has 12 nitrogen and oxygen atoms in total. The van der Waals surface area contributed by atoms with Crippen molar-refractivity contribution in [1.82, 2.24) is 29.7 Å². The van der Waals surface area contributed by atoms with Crippen molar-refractivity contribution >= 4 is 40.2 Å². The van der Waals surface area contributed by atoms with Crippen LogP contribution >= 0.6 is 0 Å². The second-order valence-electron chi connectivity index (χ2n) is 10.7. The molecular formula is C28H39N9O3. The Hall–Kier alpha value is -3.64. The average Bonchev–Trinajstić information content (AvgIpc) is 3.48. The van der Waals surface area contributed by atoms with E-state index in [0.717, 1.165) is 67.5 Å². The predicted molar refractivity (Wildman–Crippen MR) is 155 cm³/mol. The van der Waals surface area contributed by atoms with Crippen LogP contribution in [0.2, 0.25) is 0 Å². The first kappa shape index (κ1) is 26.6. The summed E-state index contributed by atoms with van der Waals surface area (Å²) >= 11 is 0. The van der Waals surface area contributed by atoms with Crippen molar-refractivity contribution < 1.29 is 14.3 Å². The number of ether oxygens (including phenoxy) is 2. The molecule has 0 unspecified atom stereocenters. The van der Waals surface area contributed by atoms with Gasteiger partial charge in [-0.1, -0.05) is 19.3 Å². The second kappa shape index (κ2) is 12.3. The quantitative estimate of drug-likeness (QED) is 0.386. The third kappa shape index (κ3) is 6.07. The third-order valence-electron chi connectivity index (χ3n) is 8.12. The molecule has 1 aliphatic carbocycles. The summed E-state index contributed by atoms with van der Waals surface area (Å²) in [5, 5.41) is 6.97. The number of hydrogen-bond donors (Lipinski definition) is 3. The van der Waals surface area contributed by atoms with Gasteiger partial charge in [0.05, 0.1) is 38.9 Å². The van der Waals surface area contributed by atoms with E-state index in [9.17, 15) is 4.79 Å². The van der Waals surface area contributed by atoms with Gasteiger partial charge in [0, 0.05) is 57.1 Å². The number of aromatic amines is 1. The Bertz CT molecular complexity index is 1300. The molecule has 2 aromatic heterocycles. The van der Waals surface area contributed by atoms with Crippen LogP contribution in [0.15, 0.2) is 24.5 Å². The van der Waals surface area contributed by atoms with Crippen molar-refractivity contribution in [3.05, 3.63) is 24.5 Å². The molecule has 2 saturated heterocycles. The Morgan fingerprint density at radius 2 is 1.88 bits per heavy atom. The number of piperazine rings is 1. The lowest BCUT2D eigenvalue weighted by atomic mass is 9.95. The SMILES string of the molecule is COc1cc(N2CCN(CC(=O)N3CCOCC3)CC2)ccc1Nc1nc(NC2CCCCC2)c2[nH]cnc2n1. The summed E-state index contributed by atoms with van der Waals surface area (Å²) in [7, 11) is 1.67. The van der Waals surface area contributed by atoms with Gasteiger partial charge in [-0.15, -0.1) is 0 Å². The van der Waals surface area contributed by atoms with Gasteiger partial charge in [0.15, 0.2) is 11.5 Å². The zero-order valence-corrected chi connectivity index (χ0v) is 23.2. The normalized spacial score (nSPS) is 19.1. The van der Waals surface area contributed by atoms with E-state index in [1.54, 1.807) is 13.4 Å². The Balaban J connectivity index is 1.10. The van der Waals surface area contributed by atoms with Crippen LogP contribution in [0.3, 0.4) is 0 Å². The van der Waals surface area contributed by atoms with Gasteiger partial charge in [0.2, 0.25) is 11.9 Å². The maximum atomic E-state index is 12.6. The number of hydrogen-bond acceptors (Lipinski definition) is 10. The number of nitrogens with one attached hydrogen (secondary N) is 3. The lowest BCUT2D eigenvalue weighted by Crippen LogP contribution is -2.51. The van der Waals surface area contributed by atoms with Crippen molar-refractivity contribution in [3.63, 3.8) is 0 Å². The molecule has 0 radical (unpaired) electrons. The Morgan fingerprint density at radius 3 is 2.65 bits per heavy atom. The van der Waals surface area contributed by atoms with Gasteiger partial charge in [0.1, 0.15) is 11.3 Å².